The molecule has 0 spiro atoms. The van der Waals surface area contributed by atoms with Gasteiger partial charge in [0.05, 0.1) is 29.6 Å². The lowest BCUT2D eigenvalue weighted by Crippen LogP contribution is -2.43. The topological polar surface area (TPSA) is 124 Å². The number of hydrogen-bond donors (Lipinski definition) is 2. The van der Waals surface area contributed by atoms with Crippen LogP contribution in [0.3, 0.4) is 0 Å². The first-order valence-corrected chi connectivity index (χ1v) is 14.9. The van der Waals surface area contributed by atoms with Crippen molar-refractivity contribution in [2.75, 3.05) is 17.6 Å². The quantitative estimate of drug-likeness (QED) is 0.258. The van der Waals surface area contributed by atoms with Crippen LogP contribution in [0, 0.1) is 11.3 Å². The minimum absolute atomic E-state index is 0.0282. The highest BCUT2D eigenvalue weighted by molar-refractivity contribution is 7.92. The van der Waals surface area contributed by atoms with Crippen LogP contribution >= 0.6 is 23.2 Å². The zero-order valence-electron chi connectivity index (χ0n) is 22.3. The van der Waals surface area contributed by atoms with Crippen molar-refractivity contribution in [3.63, 3.8) is 0 Å². The SMILES string of the molecule is CNC(=O)[C@H](C)NC(=O)c1cc(C#N)cc(N(c2cn(C(c3ccc(Cl)cc3)c3ccc(Cl)cc3)[cH-]2)S(C)(=O)=O)c1. The zero-order chi connectivity index (χ0) is 29.9. The summed E-state index contributed by atoms with van der Waals surface area (Å²) in [7, 11) is -2.46. The fourth-order valence-electron chi connectivity index (χ4n) is 4.39. The van der Waals surface area contributed by atoms with Gasteiger partial charge in [-0.2, -0.15) is 5.26 Å². The van der Waals surface area contributed by atoms with Gasteiger partial charge in [0.2, 0.25) is 15.9 Å². The monoisotopic (exact) mass is 610 g/mol. The van der Waals surface area contributed by atoms with Crippen molar-refractivity contribution in [2.45, 2.75) is 19.0 Å². The molecule has 0 radical (unpaired) electrons. The van der Waals surface area contributed by atoms with Gasteiger partial charge < -0.3 is 15.2 Å². The van der Waals surface area contributed by atoms with E-state index in [0.717, 1.165) is 21.7 Å². The summed E-state index contributed by atoms with van der Waals surface area (Å²) in [5.41, 5.74) is 2.34. The van der Waals surface area contributed by atoms with Crippen molar-refractivity contribution in [3.05, 3.63) is 111 Å². The standard InChI is InChI=1S/C29H26Cl2N5O4S/c1-18(28(37)33-2)34-29(38)22-12-19(15-32)13-25(14-22)36(41(3,39)40)26-16-35(17-26)27(20-4-8-23(30)9-5-20)21-6-10-24(31)11-7-21/h4-14,16-18,27H,1-3H3,(H,33,37)(H,34,38)/q-1/t18-/m0/s1. The summed E-state index contributed by atoms with van der Waals surface area (Å²) in [6.07, 6.45) is 4.37. The molecule has 212 valence electrons. The third kappa shape index (κ3) is 6.77. The van der Waals surface area contributed by atoms with Crippen LogP contribution in [0.15, 0.2) is 79.1 Å². The molecule has 0 fully saturated rings. The number of likely N-dealkylation sites (N-methyl/N-ethyl adjacent to an activating group) is 1. The third-order valence-corrected chi connectivity index (χ3v) is 7.92. The fraction of sp³-hybridized carbons (Fsp3) is 0.172. The van der Waals surface area contributed by atoms with Crippen molar-refractivity contribution in [1.29, 1.82) is 5.26 Å². The Kier molecular flexibility index (Phi) is 8.83. The van der Waals surface area contributed by atoms with E-state index in [1.54, 1.807) is 36.7 Å². The normalized spacial score (nSPS) is 12.0. The minimum atomic E-state index is -3.91. The van der Waals surface area contributed by atoms with Crippen molar-refractivity contribution in [1.82, 2.24) is 15.2 Å². The van der Waals surface area contributed by atoms with Gasteiger partial charge in [0, 0.05) is 22.7 Å². The average Bonchev–Trinajstić information content (AvgIpc) is 2.92. The number of amides is 2. The van der Waals surface area contributed by atoms with Crippen molar-refractivity contribution < 1.29 is 18.0 Å². The second kappa shape index (κ2) is 12.1. The molecule has 1 heterocycles. The molecule has 2 N–H and O–H groups in total. The molecule has 4 aromatic rings. The van der Waals surface area contributed by atoms with E-state index in [1.165, 1.54) is 32.2 Å². The second-order valence-corrected chi connectivity index (χ2v) is 12.1. The summed E-state index contributed by atoms with van der Waals surface area (Å²) in [5.74, 6) is -1.04. The Hall–Kier alpha value is -4.17. The van der Waals surface area contributed by atoms with Crippen LogP contribution in [-0.4, -0.2) is 44.1 Å². The number of benzene rings is 3. The average molecular weight is 612 g/mol. The number of nitrogens with one attached hydrogen (secondary N) is 2. The van der Waals surface area contributed by atoms with E-state index < -0.39 is 27.9 Å². The molecule has 12 heteroatoms. The molecule has 0 aliphatic heterocycles. The Morgan fingerprint density at radius 1 is 1.00 bits per heavy atom. The van der Waals surface area contributed by atoms with Gasteiger partial charge in [0.1, 0.15) is 6.04 Å². The minimum Gasteiger partial charge on any atom is -0.445 e. The van der Waals surface area contributed by atoms with Crippen LogP contribution in [-0.2, 0) is 14.8 Å². The number of carbonyl (C=O) groups is 2. The van der Waals surface area contributed by atoms with E-state index in [0.29, 0.717) is 15.7 Å². The fourth-order valence-corrected chi connectivity index (χ4v) is 5.61. The number of sulfonamides is 1. The lowest BCUT2D eigenvalue weighted by molar-refractivity contribution is -0.122. The number of rotatable bonds is 9. The van der Waals surface area contributed by atoms with Crippen molar-refractivity contribution in [3.8, 4) is 6.07 Å². The number of nitriles is 1. The van der Waals surface area contributed by atoms with Gasteiger partial charge in [-0.1, -0.05) is 59.9 Å². The van der Waals surface area contributed by atoms with Gasteiger partial charge in [-0.3, -0.25) is 13.9 Å². The predicted molar refractivity (Wildman–Crippen MR) is 159 cm³/mol. The third-order valence-electron chi connectivity index (χ3n) is 6.33. The summed E-state index contributed by atoms with van der Waals surface area (Å²) < 4.78 is 29.0. The highest BCUT2D eigenvalue weighted by Crippen LogP contribution is 2.37. The molecule has 4 rings (SSSR count). The zero-order valence-corrected chi connectivity index (χ0v) is 24.6. The number of carbonyl (C=O) groups excluding carboxylic acids is 2. The molecule has 1 aromatic heterocycles. The summed E-state index contributed by atoms with van der Waals surface area (Å²) in [6, 6.07) is 19.5. The summed E-state index contributed by atoms with van der Waals surface area (Å²) >= 11 is 12.2. The lowest BCUT2D eigenvalue weighted by atomic mass is 9.98. The van der Waals surface area contributed by atoms with E-state index in [4.69, 9.17) is 23.2 Å². The van der Waals surface area contributed by atoms with Crippen LogP contribution < -0.4 is 14.9 Å². The Balaban J connectivity index is 1.75. The van der Waals surface area contributed by atoms with Gasteiger partial charge in [-0.05, 0) is 66.2 Å². The molecule has 0 aliphatic carbocycles. The van der Waals surface area contributed by atoms with Gasteiger partial charge in [-0.15, -0.1) is 0 Å². The molecule has 0 unspecified atom stereocenters. The van der Waals surface area contributed by atoms with Gasteiger partial charge >= 0.3 is 0 Å². The van der Waals surface area contributed by atoms with Crippen LogP contribution in [0.1, 0.15) is 40.0 Å². The molecule has 2 amide bonds. The van der Waals surface area contributed by atoms with Crippen LogP contribution in [0.25, 0.3) is 0 Å². The highest BCUT2D eigenvalue weighted by Gasteiger charge is 2.24. The molecule has 0 saturated carbocycles. The lowest BCUT2D eigenvalue weighted by Gasteiger charge is -2.36. The number of aromatic nitrogens is 1. The van der Waals surface area contributed by atoms with Crippen LogP contribution in [0.2, 0.25) is 10.0 Å². The van der Waals surface area contributed by atoms with Crippen molar-refractivity contribution >= 4 is 56.4 Å². The van der Waals surface area contributed by atoms with Crippen LogP contribution in [0.5, 0.6) is 0 Å². The number of nitrogens with zero attached hydrogens (tertiary/aromatic N) is 3. The molecular formula is C29H26Cl2N5O4S-. The van der Waals surface area contributed by atoms with E-state index in [1.807, 2.05) is 34.9 Å². The van der Waals surface area contributed by atoms with E-state index >= 15 is 0 Å². The Labute approximate surface area is 248 Å². The maximum Gasteiger partial charge on any atom is 0.252 e. The smallest absolute Gasteiger partial charge is 0.252 e. The summed E-state index contributed by atoms with van der Waals surface area (Å²) in [4.78, 5) is 24.8. The molecular weight excluding hydrogens is 585 g/mol. The maximum atomic E-state index is 13.0. The Morgan fingerprint density at radius 3 is 2.00 bits per heavy atom. The molecule has 0 saturated heterocycles. The molecule has 0 aliphatic rings. The first-order valence-electron chi connectivity index (χ1n) is 12.3. The molecule has 0 bridgehead atoms. The number of hydrogen-bond acceptors (Lipinski definition) is 5. The Morgan fingerprint density at radius 2 is 1.54 bits per heavy atom. The van der Waals surface area contributed by atoms with Crippen LogP contribution in [0.4, 0.5) is 11.4 Å². The molecule has 41 heavy (non-hydrogen) atoms. The van der Waals surface area contributed by atoms with E-state index in [-0.39, 0.29) is 22.9 Å². The molecule has 1 atom stereocenters. The number of anilines is 2. The highest BCUT2D eigenvalue weighted by atomic mass is 35.5. The largest absolute Gasteiger partial charge is 0.445 e. The molecule has 9 nitrogen and oxygen atoms in total. The first kappa shape index (κ1) is 29.8. The Bertz CT molecular complexity index is 1660. The second-order valence-electron chi connectivity index (χ2n) is 9.35. The van der Waals surface area contributed by atoms with Gasteiger partial charge in [-0.25, -0.2) is 8.42 Å². The predicted octanol–water partition coefficient (Wildman–Crippen LogP) is 4.99. The van der Waals surface area contributed by atoms with Gasteiger partial charge in [0.25, 0.3) is 5.91 Å². The van der Waals surface area contributed by atoms with E-state index in [9.17, 15) is 23.3 Å². The molecule has 3 aromatic carbocycles. The summed E-state index contributed by atoms with van der Waals surface area (Å²) in [5, 5.41) is 15.8. The first-order chi connectivity index (χ1) is 19.4. The van der Waals surface area contributed by atoms with Crippen molar-refractivity contribution in [2.24, 2.45) is 0 Å². The van der Waals surface area contributed by atoms with Gasteiger partial charge in [0.15, 0.2) is 0 Å². The maximum absolute atomic E-state index is 13.0. The van der Waals surface area contributed by atoms with E-state index in [2.05, 4.69) is 10.6 Å². The number of halogens is 2. The summed E-state index contributed by atoms with van der Waals surface area (Å²) in [6.45, 7) is 1.51.